The van der Waals surface area contributed by atoms with Gasteiger partial charge in [-0.3, -0.25) is 4.79 Å². The lowest BCUT2D eigenvalue weighted by molar-refractivity contribution is -0.148. The molecule has 2 atom stereocenters. The number of carboxylic acids is 1. The van der Waals surface area contributed by atoms with E-state index in [0.717, 1.165) is 0 Å². The van der Waals surface area contributed by atoms with Crippen molar-refractivity contribution in [2.75, 3.05) is 5.75 Å². The van der Waals surface area contributed by atoms with Crippen molar-refractivity contribution < 1.29 is 19.8 Å². The Hall–Kier alpha value is -1.69. The second-order valence-electron chi connectivity index (χ2n) is 4.39. The van der Waals surface area contributed by atoms with Crippen LogP contribution in [0.25, 0.3) is 0 Å². The monoisotopic (exact) mass is 281 g/mol. The molecule has 1 heterocycles. The average Bonchev–Trinajstić information content (AvgIpc) is 2.74. The van der Waals surface area contributed by atoms with E-state index in [1.54, 1.807) is 18.2 Å². The van der Waals surface area contributed by atoms with Crippen LogP contribution in [0.3, 0.4) is 0 Å². The van der Waals surface area contributed by atoms with Crippen LogP contribution in [0.2, 0.25) is 0 Å². The number of hydrogen-bond donors (Lipinski definition) is 2. The number of rotatable bonds is 3. The molecule has 0 spiro atoms. The van der Waals surface area contributed by atoms with Crippen molar-refractivity contribution in [2.24, 2.45) is 0 Å². The van der Waals surface area contributed by atoms with Gasteiger partial charge in [-0.25, -0.2) is 4.79 Å². The van der Waals surface area contributed by atoms with Crippen molar-refractivity contribution in [2.45, 2.75) is 24.8 Å². The van der Waals surface area contributed by atoms with Gasteiger partial charge in [-0.1, -0.05) is 18.2 Å². The lowest BCUT2D eigenvalue weighted by Gasteiger charge is -2.25. The Balaban J connectivity index is 2.15. The molecular weight excluding hydrogens is 266 g/mol. The van der Waals surface area contributed by atoms with Gasteiger partial charge in [0, 0.05) is 11.3 Å². The van der Waals surface area contributed by atoms with Crippen LogP contribution in [-0.2, 0) is 16.0 Å². The first-order valence-corrected chi connectivity index (χ1v) is 6.98. The third kappa shape index (κ3) is 2.84. The summed E-state index contributed by atoms with van der Waals surface area (Å²) in [5.74, 6) is -0.792. The largest absolute Gasteiger partial charge is 0.508 e. The number of phenolic OH excluding ortho intramolecular Hbond substituents is 1. The topological polar surface area (TPSA) is 77.8 Å². The summed E-state index contributed by atoms with van der Waals surface area (Å²) in [6.07, 6.45) is 0.0152. The van der Waals surface area contributed by atoms with E-state index in [4.69, 9.17) is 5.11 Å². The third-order valence-corrected chi connectivity index (χ3v) is 4.35. The highest BCUT2D eigenvalue weighted by Crippen LogP contribution is 2.30. The number of carboxylic acid groups (broad SMARTS) is 1. The summed E-state index contributed by atoms with van der Waals surface area (Å²) < 4.78 is 0. The number of carbonyl (C=O) groups is 2. The maximum absolute atomic E-state index is 12.2. The van der Waals surface area contributed by atoms with Gasteiger partial charge in [0.05, 0.1) is 11.8 Å². The molecule has 0 aliphatic carbocycles. The zero-order valence-electron chi connectivity index (χ0n) is 10.4. The van der Waals surface area contributed by atoms with E-state index in [0.29, 0.717) is 11.3 Å². The van der Waals surface area contributed by atoms with Crippen molar-refractivity contribution >= 4 is 23.6 Å². The molecule has 0 aromatic heterocycles. The summed E-state index contributed by atoms with van der Waals surface area (Å²) >= 11 is 1.45. The van der Waals surface area contributed by atoms with Gasteiger partial charge in [0.25, 0.3) is 0 Å². The predicted octanol–water partition coefficient (Wildman–Crippen LogP) is 1.31. The fourth-order valence-corrected chi connectivity index (χ4v) is 3.31. The predicted molar refractivity (Wildman–Crippen MR) is 72.0 cm³/mol. The van der Waals surface area contributed by atoms with Crippen LogP contribution in [0.4, 0.5) is 0 Å². The number of hydrogen-bond acceptors (Lipinski definition) is 4. The van der Waals surface area contributed by atoms with Crippen LogP contribution < -0.4 is 0 Å². The minimum Gasteiger partial charge on any atom is -0.508 e. The number of thioether (sulfide) groups is 1. The smallest absolute Gasteiger partial charge is 0.327 e. The summed E-state index contributed by atoms with van der Waals surface area (Å²) in [7, 11) is 0. The quantitative estimate of drug-likeness (QED) is 0.873. The van der Waals surface area contributed by atoms with Crippen molar-refractivity contribution in [1.29, 1.82) is 0 Å². The Morgan fingerprint density at radius 3 is 2.74 bits per heavy atom. The molecule has 0 saturated carbocycles. The molecule has 1 aromatic rings. The van der Waals surface area contributed by atoms with Crippen LogP contribution in [0, 0.1) is 0 Å². The molecule has 102 valence electrons. The number of amides is 1. The molecule has 2 rings (SSSR count). The average molecular weight is 281 g/mol. The molecule has 2 N–H and O–H groups in total. The van der Waals surface area contributed by atoms with Crippen LogP contribution in [0.1, 0.15) is 12.5 Å². The van der Waals surface area contributed by atoms with Gasteiger partial charge < -0.3 is 15.1 Å². The van der Waals surface area contributed by atoms with E-state index in [9.17, 15) is 14.7 Å². The molecule has 1 amide bonds. The van der Waals surface area contributed by atoms with Gasteiger partial charge >= 0.3 is 5.97 Å². The number of benzene rings is 1. The first kappa shape index (κ1) is 13.7. The Kier molecular flexibility index (Phi) is 3.99. The summed E-state index contributed by atoms with van der Waals surface area (Å²) in [4.78, 5) is 24.7. The van der Waals surface area contributed by atoms with Crippen LogP contribution in [0.15, 0.2) is 24.3 Å². The van der Waals surface area contributed by atoms with E-state index < -0.39 is 12.0 Å². The first-order valence-electron chi connectivity index (χ1n) is 5.93. The summed E-state index contributed by atoms with van der Waals surface area (Å²) in [5, 5.41) is 18.6. The van der Waals surface area contributed by atoms with Crippen LogP contribution >= 0.6 is 11.8 Å². The van der Waals surface area contributed by atoms with Gasteiger partial charge in [0.15, 0.2) is 0 Å². The molecule has 1 fully saturated rings. The van der Waals surface area contributed by atoms with Gasteiger partial charge in [0.2, 0.25) is 5.91 Å². The highest BCUT2D eigenvalue weighted by molar-refractivity contribution is 8.00. The lowest BCUT2D eigenvalue weighted by atomic mass is 10.1. The number of para-hydroxylation sites is 1. The van der Waals surface area contributed by atoms with Crippen molar-refractivity contribution in [3.05, 3.63) is 29.8 Å². The zero-order valence-corrected chi connectivity index (χ0v) is 11.3. The Morgan fingerprint density at radius 1 is 1.42 bits per heavy atom. The maximum Gasteiger partial charge on any atom is 0.327 e. The van der Waals surface area contributed by atoms with Crippen LogP contribution in [0.5, 0.6) is 5.75 Å². The maximum atomic E-state index is 12.2. The molecular formula is C13H15NO4S. The fourth-order valence-electron chi connectivity index (χ4n) is 2.13. The number of aliphatic carboxylic acids is 1. The minimum absolute atomic E-state index is 0.0152. The second-order valence-corrected chi connectivity index (χ2v) is 5.74. The normalized spacial score (nSPS) is 22.5. The van der Waals surface area contributed by atoms with Crippen LogP contribution in [-0.4, -0.2) is 44.2 Å². The van der Waals surface area contributed by atoms with Gasteiger partial charge in [-0.15, -0.1) is 11.8 Å². The van der Waals surface area contributed by atoms with Gasteiger partial charge in [0.1, 0.15) is 11.8 Å². The van der Waals surface area contributed by atoms with Crippen molar-refractivity contribution in [3.8, 4) is 5.75 Å². The molecule has 2 unspecified atom stereocenters. The van der Waals surface area contributed by atoms with Crippen molar-refractivity contribution in [3.63, 3.8) is 0 Å². The molecule has 1 aliphatic heterocycles. The molecule has 5 nitrogen and oxygen atoms in total. The van der Waals surface area contributed by atoms with E-state index in [2.05, 4.69) is 0 Å². The van der Waals surface area contributed by atoms with Crippen molar-refractivity contribution in [1.82, 2.24) is 4.90 Å². The molecule has 0 bridgehead atoms. The summed E-state index contributed by atoms with van der Waals surface area (Å²) in [6.45, 7) is 1.82. The van der Waals surface area contributed by atoms with E-state index in [1.165, 1.54) is 22.7 Å². The van der Waals surface area contributed by atoms with Gasteiger partial charge in [-0.05, 0) is 13.0 Å². The SMILES string of the molecule is CC1SCC(C(=O)O)N1C(=O)Cc1ccccc1O. The number of aromatic hydroxyl groups is 1. The summed E-state index contributed by atoms with van der Waals surface area (Å²) in [5.41, 5.74) is 0.515. The highest BCUT2D eigenvalue weighted by Gasteiger charge is 2.39. The minimum atomic E-state index is -0.984. The fraction of sp³-hybridized carbons (Fsp3) is 0.385. The Bertz CT molecular complexity index is 505. The standard InChI is InChI=1S/C13H15NO4S/c1-8-14(10(7-19-8)13(17)18)12(16)6-9-4-2-3-5-11(9)15/h2-5,8,10,15H,6-7H2,1H3,(H,17,18). The Labute approximate surface area is 115 Å². The lowest BCUT2D eigenvalue weighted by Crippen LogP contribution is -2.45. The molecule has 1 aromatic carbocycles. The molecule has 19 heavy (non-hydrogen) atoms. The molecule has 1 aliphatic rings. The zero-order chi connectivity index (χ0) is 14.0. The summed E-state index contributed by atoms with van der Waals surface area (Å²) in [6, 6.07) is 5.81. The molecule has 1 saturated heterocycles. The number of phenols is 1. The van der Waals surface area contributed by atoms with Gasteiger partial charge in [-0.2, -0.15) is 0 Å². The highest BCUT2D eigenvalue weighted by atomic mass is 32.2. The third-order valence-electron chi connectivity index (χ3n) is 3.13. The first-order chi connectivity index (χ1) is 9.00. The Morgan fingerprint density at radius 2 is 2.11 bits per heavy atom. The number of nitrogens with zero attached hydrogens (tertiary/aromatic N) is 1. The van der Waals surface area contributed by atoms with E-state index in [1.807, 2.05) is 6.92 Å². The molecule has 0 radical (unpaired) electrons. The van der Waals surface area contributed by atoms with E-state index in [-0.39, 0.29) is 23.5 Å². The molecule has 6 heteroatoms. The van der Waals surface area contributed by atoms with E-state index >= 15 is 0 Å². The second kappa shape index (κ2) is 5.52. The number of carbonyl (C=O) groups excluding carboxylic acids is 1.